The summed E-state index contributed by atoms with van der Waals surface area (Å²) in [6.07, 6.45) is 0. The predicted octanol–water partition coefficient (Wildman–Crippen LogP) is 5.41. The monoisotopic (exact) mass is 497 g/mol. The summed E-state index contributed by atoms with van der Waals surface area (Å²) in [7, 11) is 0. The molecule has 0 saturated carbocycles. The Hall–Kier alpha value is -2.97. The smallest absolute Gasteiger partial charge is 0.266 e. The molecule has 5 nitrogen and oxygen atoms in total. The summed E-state index contributed by atoms with van der Waals surface area (Å²) < 4.78 is 15.6. The van der Waals surface area contributed by atoms with E-state index < -0.39 is 11.1 Å². The van der Waals surface area contributed by atoms with E-state index >= 15 is 0 Å². The Kier molecular flexibility index (Phi) is 6.20. The van der Waals surface area contributed by atoms with E-state index in [0.29, 0.717) is 27.4 Å². The fraction of sp³-hybridized carbons (Fsp3) is 0.0870. The van der Waals surface area contributed by atoms with Crippen LogP contribution in [-0.4, -0.2) is 20.7 Å². The fourth-order valence-corrected chi connectivity index (χ4v) is 4.33. The molecule has 1 amide bonds. The lowest BCUT2D eigenvalue weighted by molar-refractivity contribution is -0.115. The van der Waals surface area contributed by atoms with Crippen molar-refractivity contribution in [1.29, 1.82) is 0 Å². The zero-order valence-electron chi connectivity index (χ0n) is 16.4. The summed E-state index contributed by atoms with van der Waals surface area (Å²) in [6, 6.07) is 19.9. The topological polar surface area (TPSA) is 64.0 Å². The quantitative estimate of drug-likeness (QED) is 0.296. The van der Waals surface area contributed by atoms with Crippen molar-refractivity contribution in [2.24, 2.45) is 0 Å². The first kappa shape index (κ1) is 21.3. The molecule has 8 heteroatoms. The average Bonchev–Trinajstić information content (AvgIpc) is 2.76. The molecule has 0 aliphatic rings. The number of nitrogens with zero attached hydrogens (tertiary/aromatic N) is 2. The standard InChI is InChI=1S/C23H17BrFN3O2S/c1-14(21(29)26-20-9-5-3-7-18(20)24)31-23-27-19-8-4-2-6-17(19)22(30)28(23)16-12-10-15(25)11-13-16/h2-14H,1H3,(H,26,29). The van der Waals surface area contributed by atoms with E-state index in [9.17, 15) is 14.0 Å². The van der Waals surface area contributed by atoms with E-state index in [2.05, 4.69) is 26.2 Å². The molecule has 3 aromatic carbocycles. The van der Waals surface area contributed by atoms with Crippen molar-refractivity contribution in [3.8, 4) is 5.69 Å². The highest BCUT2D eigenvalue weighted by Crippen LogP contribution is 2.27. The highest BCUT2D eigenvalue weighted by atomic mass is 79.9. The molecule has 0 radical (unpaired) electrons. The molecular formula is C23H17BrFN3O2S. The number of carbonyl (C=O) groups excluding carboxylic acids is 1. The van der Waals surface area contributed by atoms with Crippen molar-refractivity contribution in [3.05, 3.63) is 93.4 Å². The lowest BCUT2D eigenvalue weighted by Crippen LogP contribution is -2.26. The molecule has 4 aromatic rings. The number of nitrogens with one attached hydrogen (secondary N) is 1. The van der Waals surface area contributed by atoms with Gasteiger partial charge in [0.05, 0.1) is 27.5 Å². The maximum atomic E-state index is 13.4. The SMILES string of the molecule is CC(Sc1nc2ccccc2c(=O)n1-c1ccc(F)cc1)C(=O)Nc1ccccc1Br. The van der Waals surface area contributed by atoms with Gasteiger partial charge in [-0.15, -0.1) is 0 Å². The maximum absolute atomic E-state index is 13.4. The van der Waals surface area contributed by atoms with Gasteiger partial charge in [0.1, 0.15) is 5.82 Å². The van der Waals surface area contributed by atoms with Gasteiger partial charge in [-0.25, -0.2) is 9.37 Å². The fourth-order valence-electron chi connectivity index (χ4n) is 3.02. The molecule has 1 N–H and O–H groups in total. The normalized spacial score (nSPS) is 12.0. The summed E-state index contributed by atoms with van der Waals surface area (Å²) >= 11 is 4.58. The second kappa shape index (κ2) is 9.03. The summed E-state index contributed by atoms with van der Waals surface area (Å²) in [5, 5.41) is 3.13. The zero-order valence-corrected chi connectivity index (χ0v) is 18.8. The second-order valence-corrected chi connectivity index (χ2v) is 8.92. The molecule has 31 heavy (non-hydrogen) atoms. The van der Waals surface area contributed by atoms with Gasteiger partial charge in [-0.3, -0.25) is 14.2 Å². The summed E-state index contributed by atoms with van der Waals surface area (Å²) in [5.41, 5.74) is 1.39. The Labute approximate surface area is 190 Å². The lowest BCUT2D eigenvalue weighted by atomic mass is 10.2. The van der Waals surface area contributed by atoms with Crippen molar-refractivity contribution in [2.75, 3.05) is 5.32 Å². The number of thioether (sulfide) groups is 1. The first-order valence-corrected chi connectivity index (χ1v) is 11.1. The minimum atomic E-state index is -0.549. The third-order valence-corrected chi connectivity index (χ3v) is 6.36. The number of hydrogen-bond donors (Lipinski definition) is 1. The number of carbonyl (C=O) groups is 1. The molecule has 0 aliphatic carbocycles. The molecule has 0 aliphatic heterocycles. The van der Waals surface area contributed by atoms with Crippen LogP contribution in [0.3, 0.4) is 0 Å². The number of amides is 1. The molecule has 1 atom stereocenters. The van der Waals surface area contributed by atoms with Crippen molar-refractivity contribution in [3.63, 3.8) is 0 Å². The Morgan fingerprint density at radius 1 is 1.06 bits per heavy atom. The molecule has 1 heterocycles. The molecule has 0 spiro atoms. The number of aromatic nitrogens is 2. The molecule has 0 fully saturated rings. The van der Waals surface area contributed by atoms with Crippen LogP contribution in [0.2, 0.25) is 0 Å². The molecular weight excluding hydrogens is 481 g/mol. The van der Waals surface area contributed by atoms with Gasteiger partial charge in [-0.2, -0.15) is 0 Å². The van der Waals surface area contributed by atoms with Crippen LogP contribution in [0.1, 0.15) is 6.92 Å². The zero-order chi connectivity index (χ0) is 22.0. The van der Waals surface area contributed by atoms with Gasteiger partial charge in [0, 0.05) is 4.47 Å². The van der Waals surface area contributed by atoms with Gasteiger partial charge in [0.25, 0.3) is 5.56 Å². The first-order valence-electron chi connectivity index (χ1n) is 9.44. The summed E-state index contributed by atoms with van der Waals surface area (Å²) in [4.78, 5) is 30.6. The van der Waals surface area contributed by atoms with Gasteiger partial charge in [0.2, 0.25) is 5.91 Å². The largest absolute Gasteiger partial charge is 0.324 e. The number of fused-ring (bicyclic) bond motifs is 1. The molecule has 0 saturated heterocycles. The molecule has 156 valence electrons. The number of hydrogen-bond acceptors (Lipinski definition) is 4. The summed E-state index contributed by atoms with van der Waals surface area (Å²) in [5.74, 6) is -0.633. The van der Waals surface area contributed by atoms with E-state index in [0.717, 1.165) is 16.2 Å². The average molecular weight is 498 g/mol. The van der Waals surface area contributed by atoms with Crippen LogP contribution in [0.15, 0.2) is 87.2 Å². The first-order chi connectivity index (χ1) is 14.9. The van der Waals surface area contributed by atoms with Crippen LogP contribution in [0.25, 0.3) is 16.6 Å². The Bertz CT molecular complexity index is 1320. The Morgan fingerprint density at radius 2 is 1.74 bits per heavy atom. The van der Waals surface area contributed by atoms with Crippen molar-refractivity contribution < 1.29 is 9.18 Å². The molecule has 4 rings (SSSR count). The van der Waals surface area contributed by atoms with Crippen LogP contribution in [-0.2, 0) is 4.79 Å². The van der Waals surface area contributed by atoms with Crippen LogP contribution in [0.4, 0.5) is 10.1 Å². The van der Waals surface area contributed by atoms with Crippen LogP contribution in [0, 0.1) is 5.82 Å². The molecule has 1 aromatic heterocycles. The number of halogens is 2. The van der Waals surface area contributed by atoms with E-state index in [1.54, 1.807) is 37.3 Å². The molecule has 1 unspecified atom stereocenters. The van der Waals surface area contributed by atoms with Gasteiger partial charge in [0.15, 0.2) is 5.16 Å². The van der Waals surface area contributed by atoms with Crippen LogP contribution >= 0.6 is 27.7 Å². The third kappa shape index (κ3) is 4.55. The predicted molar refractivity (Wildman–Crippen MR) is 125 cm³/mol. The van der Waals surface area contributed by atoms with Gasteiger partial charge in [-0.1, -0.05) is 36.0 Å². The number of para-hydroxylation sites is 2. The number of anilines is 1. The molecule has 0 bridgehead atoms. The van der Waals surface area contributed by atoms with Crippen molar-refractivity contribution >= 4 is 50.2 Å². The van der Waals surface area contributed by atoms with Crippen LogP contribution < -0.4 is 10.9 Å². The minimum absolute atomic E-state index is 0.232. The van der Waals surface area contributed by atoms with Gasteiger partial charge >= 0.3 is 0 Å². The second-order valence-electron chi connectivity index (χ2n) is 6.76. The van der Waals surface area contributed by atoms with Crippen LogP contribution in [0.5, 0.6) is 0 Å². The van der Waals surface area contributed by atoms with E-state index in [1.165, 1.54) is 28.8 Å². The van der Waals surface area contributed by atoms with Crippen molar-refractivity contribution in [1.82, 2.24) is 9.55 Å². The van der Waals surface area contributed by atoms with E-state index in [4.69, 9.17) is 0 Å². The number of benzene rings is 3. The third-order valence-electron chi connectivity index (χ3n) is 4.61. The van der Waals surface area contributed by atoms with Gasteiger partial charge in [-0.05, 0) is 71.4 Å². The highest BCUT2D eigenvalue weighted by molar-refractivity contribution is 9.10. The maximum Gasteiger partial charge on any atom is 0.266 e. The minimum Gasteiger partial charge on any atom is -0.324 e. The van der Waals surface area contributed by atoms with Gasteiger partial charge < -0.3 is 5.32 Å². The van der Waals surface area contributed by atoms with Crippen molar-refractivity contribution in [2.45, 2.75) is 17.3 Å². The van der Waals surface area contributed by atoms with E-state index in [-0.39, 0.29) is 11.5 Å². The Balaban J connectivity index is 1.73. The number of rotatable bonds is 5. The van der Waals surface area contributed by atoms with E-state index in [1.807, 2.05) is 18.2 Å². The lowest BCUT2D eigenvalue weighted by Gasteiger charge is -2.17. The summed E-state index contributed by atoms with van der Waals surface area (Å²) in [6.45, 7) is 1.74. The highest BCUT2D eigenvalue weighted by Gasteiger charge is 2.21. The Morgan fingerprint density at radius 3 is 2.48 bits per heavy atom.